The molecule has 2 N–H and O–H groups in total. The highest BCUT2D eigenvalue weighted by Gasteiger charge is 2.15. The van der Waals surface area contributed by atoms with E-state index in [1.807, 2.05) is 67.7 Å². The summed E-state index contributed by atoms with van der Waals surface area (Å²) in [7, 11) is 2.04. The number of aryl methyl sites for hydroxylation is 1. The van der Waals surface area contributed by atoms with Gasteiger partial charge in [0, 0.05) is 41.0 Å². The number of para-hydroxylation sites is 1. The third-order valence-electron chi connectivity index (χ3n) is 6.07. The van der Waals surface area contributed by atoms with Crippen LogP contribution < -0.4 is 10.6 Å². The number of fused-ring (bicyclic) bond motifs is 3. The van der Waals surface area contributed by atoms with Gasteiger partial charge in [-0.15, -0.1) is 0 Å². The van der Waals surface area contributed by atoms with Crippen LogP contribution in [0.15, 0.2) is 109 Å². The number of nitrogens with zero attached hydrogens (tertiary/aromatic N) is 1. The molecule has 0 aliphatic heterocycles. The van der Waals surface area contributed by atoms with Gasteiger partial charge in [0.1, 0.15) is 5.70 Å². The highest BCUT2D eigenvalue weighted by Crippen LogP contribution is 2.29. The van der Waals surface area contributed by atoms with Crippen molar-refractivity contribution in [2.75, 3.05) is 0 Å². The fourth-order valence-corrected chi connectivity index (χ4v) is 4.26. The molecule has 0 radical (unpaired) electrons. The van der Waals surface area contributed by atoms with Gasteiger partial charge in [0.05, 0.1) is 0 Å². The lowest BCUT2D eigenvalue weighted by Crippen LogP contribution is -2.34. The third kappa shape index (κ3) is 4.70. The molecule has 0 atom stereocenters. The molecule has 172 valence electrons. The Morgan fingerprint density at radius 2 is 1.43 bits per heavy atom. The Labute approximate surface area is 203 Å². The molecule has 4 aromatic carbocycles. The molecule has 0 aliphatic carbocycles. The van der Waals surface area contributed by atoms with Crippen LogP contribution in [0.4, 0.5) is 0 Å². The molecule has 5 rings (SSSR count). The Morgan fingerprint density at radius 1 is 0.771 bits per heavy atom. The van der Waals surface area contributed by atoms with Crippen LogP contribution in [0, 0.1) is 0 Å². The maximum Gasteiger partial charge on any atom is 0.268 e. The summed E-state index contributed by atoms with van der Waals surface area (Å²) in [5.41, 5.74) is 4.72. The molecule has 2 amide bonds. The van der Waals surface area contributed by atoms with E-state index in [9.17, 15) is 9.59 Å². The molecule has 0 aliphatic rings. The van der Waals surface area contributed by atoms with E-state index in [1.54, 1.807) is 30.3 Å². The maximum absolute atomic E-state index is 13.2. The van der Waals surface area contributed by atoms with E-state index < -0.39 is 0 Å². The van der Waals surface area contributed by atoms with Gasteiger partial charge in [-0.2, -0.15) is 0 Å². The summed E-state index contributed by atoms with van der Waals surface area (Å²) in [5, 5.41) is 7.97. The van der Waals surface area contributed by atoms with Gasteiger partial charge >= 0.3 is 0 Å². The van der Waals surface area contributed by atoms with Crippen molar-refractivity contribution in [3.05, 3.63) is 126 Å². The van der Waals surface area contributed by atoms with Crippen molar-refractivity contribution in [2.45, 2.75) is 6.54 Å². The van der Waals surface area contributed by atoms with Gasteiger partial charge in [0.15, 0.2) is 0 Å². The van der Waals surface area contributed by atoms with Crippen molar-refractivity contribution >= 4 is 39.7 Å². The predicted molar refractivity (Wildman–Crippen MR) is 141 cm³/mol. The van der Waals surface area contributed by atoms with Crippen molar-refractivity contribution in [2.24, 2.45) is 7.05 Å². The van der Waals surface area contributed by atoms with Crippen LogP contribution >= 0.6 is 0 Å². The first-order chi connectivity index (χ1) is 17.1. The van der Waals surface area contributed by atoms with Crippen LogP contribution in [-0.4, -0.2) is 16.4 Å². The Morgan fingerprint density at radius 3 is 2.20 bits per heavy atom. The maximum atomic E-state index is 13.2. The molecule has 0 spiro atoms. The van der Waals surface area contributed by atoms with Crippen LogP contribution in [-0.2, 0) is 18.4 Å². The summed E-state index contributed by atoms with van der Waals surface area (Å²) >= 11 is 0. The van der Waals surface area contributed by atoms with E-state index >= 15 is 0 Å². The number of amides is 2. The third-order valence-corrected chi connectivity index (χ3v) is 6.07. The molecule has 0 saturated carbocycles. The minimum atomic E-state index is -0.351. The Kier molecular flexibility index (Phi) is 6.14. The zero-order valence-electron chi connectivity index (χ0n) is 19.4. The normalized spacial score (nSPS) is 11.5. The van der Waals surface area contributed by atoms with Crippen LogP contribution in [0.5, 0.6) is 0 Å². The lowest BCUT2D eigenvalue weighted by molar-refractivity contribution is -0.117. The average Bonchev–Trinajstić information content (AvgIpc) is 3.19. The van der Waals surface area contributed by atoms with Gasteiger partial charge in [0.25, 0.3) is 11.8 Å². The SMILES string of the molecule is Cn1c2ccccc2c2cc(/C=C(/NC(=O)c3ccccc3)C(=O)NCc3ccccc3)ccc21. The minimum absolute atomic E-state index is 0.189. The van der Waals surface area contributed by atoms with Crippen molar-refractivity contribution in [1.29, 1.82) is 0 Å². The van der Waals surface area contributed by atoms with E-state index in [2.05, 4.69) is 33.4 Å². The van der Waals surface area contributed by atoms with Crippen LogP contribution in [0.1, 0.15) is 21.5 Å². The molecule has 0 fully saturated rings. The molecular weight excluding hydrogens is 434 g/mol. The lowest BCUT2D eigenvalue weighted by atomic mass is 10.1. The standard InChI is InChI=1S/C30H25N3O2/c1-33-27-15-9-8-14-24(27)25-18-22(16-17-28(25)33)19-26(32-29(34)23-12-6-3-7-13-23)30(35)31-20-21-10-4-2-5-11-21/h2-19H,20H2,1H3,(H,31,35)(H,32,34)/b26-19+. The average molecular weight is 460 g/mol. The predicted octanol–water partition coefficient (Wildman–Crippen LogP) is 5.42. The van der Waals surface area contributed by atoms with Gasteiger partial charge in [-0.05, 0) is 47.5 Å². The molecule has 35 heavy (non-hydrogen) atoms. The number of aromatic nitrogens is 1. The monoisotopic (exact) mass is 459 g/mol. The molecule has 0 unspecified atom stereocenters. The Hall–Kier alpha value is -4.64. The van der Waals surface area contributed by atoms with Crippen LogP contribution in [0.3, 0.4) is 0 Å². The van der Waals surface area contributed by atoms with Crippen molar-refractivity contribution in [3.8, 4) is 0 Å². The first-order valence-corrected chi connectivity index (χ1v) is 11.5. The fraction of sp³-hybridized carbons (Fsp3) is 0.0667. The quantitative estimate of drug-likeness (QED) is 0.333. The topological polar surface area (TPSA) is 63.1 Å². The first kappa shape index (κ1) is 22.2. The van der Waals surface area contributed by atoms with E-state index in [-0.39, 0.29) is 17.5 Å². The van der Waals surface area contributed by atoms with E-state index in [0.717, 1.165) is 32.9 Å². The zero-order chi connectivity index (χ0) is 24.2. The second kappa shape index (κ2) is 9.69. The minimum Gasteiger partial charge on any atom is -0.347 e. The van der Waals surface area contributed by atoms with Crippen molar-refractivity contribution in [3.63, 3.8) is 0 Å². The molecule has 5 heteroatoms. The number of nitrogens with one attached hydrogen (secondary N) is 2. The number of benzene rings is 4. The zero-order valence-corrected chi connectivity index (χ0v) is 19.4. The van der Waals surface area contributed by atoms with Gasteiger partial charge < -0.3 is 15.2 Å². The summed E-state index contributed by atoms with van der Waals surface area (Å²) in [5.74, 6) is -0.686. The van der Waals surface area contributed by atoms with Crippen LogP contribution in [0.25, 0.3) is 27.9 Å². The number of carbonyl (C=O) groups excluding carboxylic acids is 2. The molecule has 0 bridgehead atoms. The Balaban J connectivity index is 1.50. The van der Waals surface area contributed by atoms with E-state index in [1.165, 1.54) is 0 Å². The first-order valence-electron chi connectivity index (χ1n) is 11.5. The Bertz CT molecular complexity index is 1550. The summed E-state index contributed by atoms with van der Waals surface area (Å²) in [6.45, 7) is 0.362. The van der Waals surface area contributed by atoms with Gasteiger partial charge in [0.2, 0.25) is 0 Å². The second-order valence-electron chi connectivity index (χ2n) is 8.40. The van der Waals surface area contributed by atoms with Crippen molar-refractivity contribution < 1.29 is 9.59 Å². The molecule has 5 aromatic rings. The van der Waals surface area contributed by atoms with Gasteiger partial charge in [-0.3, -0.25) is 9.59 Å². The highest BCUT2D eigenvalue weighted by atomic mass is 16.2. The summed E-state index contributed by atoms with van der Waals surface area (Å²) in [4.78, 5) is 26.0. The number of hydrogen-bond donors (Lipinski definition) is 2. The summed E-state index contributed by atoms with van der Waals surface area (Å²) < 4.78 is 2.16. The number of carbonyl (C=O) groups is 2. The lowest BCUT2D eigenvalue weighted by Gasteiger charge is -2.12. The van der Waals surface area contributed by atoms with E-state index in [4.69, 9.17) is 0 Å². The fourth-order valence-electron chi connectivity index (χ4n) is 4.26. The molecule has 1 aromatic heterocycles. The second-order valence-corrected chi connectivity index (χ2v) is 8.40. The number of rotatable bonds is 6. The molecular formula is C30H25N3O2. The highest BCUT2D eigenvalue weighted by molar-refractivity contribution is 6.09. The van der Waals surface area contributed by atoms with Gasteiger partial charge in [-0.1, -0.05) is 72.8 Å². The molecule has 5 nitrogen and oxygen atoms in total. The summed E-state index contributed by atoms with van der Waals surface area (Å²) in [6, 6.07) is 32.8. The summed E-state index contributed by atoms with van der Waals surface area (Å²) in [6.07, 6.45) is 1.72. The smallest absolute Gasteiger partial charge is 0.268 e. The molecule has 0 saturated heterocycles. The van der Waals surface area contributed by atoms with E-state index in [0.29, 0.717) is 12.1 Å². The largest absolute Gasteiger partial charge is 0.347 e. The van der Waals surface area contributed by atoms with Gasteiger partial charge in [-0.25, -0.2) is 0 Å². The number of hydrogen-bond acceptors (Lipinski definition) is 2. The molecule has 1 heterocycles. The van der Waals surface area contributed by atoms with Crippen LogP contribution in [0.2, 0.25) is 0 Å². The van der Waals surface area contributed by atoms with Crippen molar-refractivity contribution in [1.82, 2.24) is 15.2 Å².